The van der Waals surface area contributed by atoms with E-state index in [1.807, 2.05) is 25.1 Å². The van der Waals surface area contributed by atoms with Gasteiger partial charge in [0.15, 0.2) is 23.4 Å². The topological polar surface area (TPSA) is 69.8 Å². The Morgan fingerprint density at radius 1 is 1.24 bits per heavy atom. The minimum absolute atomic E-state index is 0.248. The summed E-state index contributed by atoms with van der Waals surface area (Å²) in [5.74, 6) is 4.02. The van der Waals surface area contributed by atoms with E-state index in [0.29, 0.717) is 23.3 Å². The van der Waals surface area contributed by atoms with Crippen LogP contribution in [0.3, 0.4) is 0 Å². The first-order valence-corrected chi connectivity index (χ1v) is 8.74. The minimum Gasteiger partial charge on any atom is -0.481 e. The molecule has 0 radical (unpaired) electrons. The van der Waals surface area contributed by atoms with E-state index < -0.39 is 0 Å². The molecule has 0 amide bonds. The summed E-state index contributed by atoms with van der Waals surface area (Å²) in [7, 11) is 2.16. The highest BCUT2D eigenvalue weighted by molar-refractivity contribution is 5.46. The van der Waals surface area contributed by atoms with Gasteiger partial charge in [0.05, 0.1) is 0 Å². The van der Waals surface area contributed by atoms with Crippen molar-refractivity contribution in [2.24, 2.45) is 5.92 Å². The van der Waals surface area contributed by atoms with Crippen LogP contribution in [0.25, 0.3) is 0 Å². The predicted molar refractivity (Wildman–Crippen MR) is 89.8 cm³/mol. The maximum absolute atomic E-state index is 5.90. The number of aromatic nitrogens is 2. The molecule has 2 aliphatic heterocycles. The summed E-state index contributed by atoms with van der Waals surface area (Å²) >= 11 is 0. The molecule has 0 saturated carbocycles. The van der Waals surface area contributed by atoms with Gasteiger partial charge in [-0.3, -0.25) is 0 Å². The molecule has 134 valence electrons. The standard InChI is InChI=1S/C18H23N3O4/c1-12(24-14-3-4-15-16(10-14)23-11-22-15)18-19-17(20-25-18)9-13-5-7-21(2)8-6-13/h3-4,10,12-13H,5-9,11H2,1-2H3/t12-/m1/s1. The molecule has 7 nitrogen and oxygen atoms in total. The van der Waals surface area contributed by atoms with Crippen LogP contribution in [-0.2, 0) is 6.42 Å². The van der Waals surface area contributed by atoms with Crippen molar-refractivity contribution in [2.45, 2.75) is 32.3 Å². The third kappa shape index (κ3) is 3.71. The fraction of sp³-hybridized carbons (Fsp3) is 0.556. The number of rotatable bonds is 5. The zero-order valence-electron chi connectivity index (χ0n) is 14.6. The van der Waals surface area contributed by atoms with E-state index >= 15 is 0 Å². The fourth-order valence-corrected chi connectivity index (χ4v) is 3.24. The molecule has 0 aliphatic carbocycles. The first-order chi connectivity index (χ1) is 12.2. The molecule has 0 spiro atoms. The molecule has 4 rings (SSSR count). The molecular weight excluding hydrogens is 322 g/mol. The number of benzene rings is 1. The van der Waals surface area contributed by atoms with Crippen LogP contribution in [0.15, 0.2) is 22.7 Å². The molecule has 1 saturated heterocycles. The maximum Gasteiger partial charge on any atom is 0.267 e. The summed E-state index contributed by atoms with van der Waals surface area (Å²) in [5.41, 5.74) is 0. The van der Waals surface area contributed by atoms with Gasteiger partial charge < -0.3 is 23.6 Å². The Balaban J connectivity index is 1.36. The van der Waals surface area contributed by atoms with Gasteiger partial charge in [-0.05, 0) is 58.0 Å². The second-order valence-corrected chi connectivity index (χ2v) is 6.77. The number of hydrogen-bond acceptors (Lipinski definition) is 7. The molecular formula is C18H23N3O4. The van der Waals surface area contributed by atoms with E-state index in [1.165, 1.54) is 12.8 Å². The summed E-state index contributed by atoms with van der Waals surface area (Å²) in [6, 6.07) is 5.50. The predicted octanol–water partition coefficient (Wildman–Crippen LogP) is 2.82. The Bertz CT molecular complexity index is 725. The van der Waals surface area contributed by atoms with Gasteiger partial charge in [0.25, 0.3) is 5.89 Å². The monoisotopic (exact) mass is 345 g/mol. The van der Waals surface area contributed by atoms with Crippen molar-refractivity contribution in [3.05, 3.63) is 29.9 Å². The molecule has 3 heterocycles. The van der Waals surface area contributed by atoms with Gasteiger partial charge in [0.1, 0.15) is 5.75 Å². The van der Waals surface area contributed by atoms with Gasteiger partial charge in [-0.1, -0.05) is 5.16 Å². The highest BCUT2D eigenvalue weighted by Crippen LogP contribution is 2.36. The number of ether oxygens (including phenoxy) is 3. The van der Waals surface area contributed by atoms with Gasteiger partial charge in [-0.15, -0.1) is 0 Å². The highest BCUT2D eigenvalue weighted by Gasteiger charge is 2.22. The molecule has 1 aromatic heterocycles. The van der Waals surface area contributed by atoms with Gasteiger partial charge in [0.2, 0.25) is 6.79 Å². The molecule has 2 aromatic rings. The second kappa shape index (κ2) is 6.92. The normalized spacial score (nSPS) is 19.1. The highest BCUT2D eigenvalue weighted by atomic mass is 16.7. The van der Waals surface area contributed by atoms with E-state index in [1.54, 1.807) is 0 Å². The molecule has 2 aliphatic rings. The Morgan fingerprint density at radius 3 is 2.88 bits per heavy atom. The molecule has 1 atom stereocenters. The van der Waals surface area contributed by atoms with Crippen LogP contribution >= 0.6 is 0 Å². The number of hydrogen-bond donors (Lipinski definition) is 0. The lowest BCUT2D eigenvalue weighted by molar-refractivity contribution is 0.170. The maximum atomic E-state index is 5.90. The zero-order chi connectivity index (χ0) is 17.2. The van der Waals surface area contributed by atoms with Crippen LogP contribution in [-0.4, -0.2) is 42.0 Å². The smallest absolute Gasteiger partial charge is 0.267 e. The van der Waals surface area contributed by atoms with Crippen molar-refractivity contribution >= 4 is 0 Å². The van der Waals surface area contributed by atoms with Crippen LogP contribution in [0.4, 0.5) is 0 Å². The van der Waals surface area contributed by atoms with Crippen LogP contribution in [0.1, 0.15) is 37.6 Å². The van der Waals surface area contributed by atoms with E-state index in [2.05, 4.69) is 22.1 Å². The molecule has 0 bridgehead atoms. The van der Waals surface area contributed by atoms with Crippen molar-refractivity contribution in [3.8, 4) is 17.2 Å². The first-order valence-electron chi connectivity index (χ1n) is 8.74. The third-order valence-electron chi connectivity index (χ3n) is 4.80. The molecule has 7 heteroatoms. The van der Waals surface area contributed by atoms with Crippen LogP contribution < -0.4 is 14.2 Å². The molecule has 1 fully saturated rings. The van der Waals surface area contributed by atoms with E-state index in [0.717, 1.165) is 31.1 Å². The molecule has 0 unspecified atom stereocenters. The van der Waals surface area contributed by atoms with Gasteiger partial charge in [-0.25, -0.2) is 0 Å². The number of likely N-dealkylation sites (tertiary alicyclic amines) is 1. The molecule has 25 heavy (non-hydrogen) atoms. The Kier molecular flexibility index (Phi) is 4.48. The quantitative estimate of drug-likeness (QED) is 0.825. The van der Waals surface area contributed by atoms with Crippen molar-refractivity contribution in [2.75, 3.05) is 26.9 Å². The van der Waals surface area contributed by atoms with Crippen LogP contribution in [0.5, 0.6) is 17.2 Å². The average Bonchev–Trinajstić information content (AvgIpc) is 3.26. The molecule has 1 aromatic carbocycles. The third-order valence-corrected chi connectivity index (χ3v) is 4.80. The Labute approximate surface area is 146 Å². The van der Waals surface area contributed by atoms with Crippen molar-refractivity contribution < 1.29 is 18.7 Å². The lowest BCUT2D eigenvalue weighted by Crippen LogP contribution is -2.31. The van der Waals surface area contributed by atoms with E-state index in [9.17, 15) is 0 Å². The summed E-state index contributed by atoms with van der Waals surface area (Å²) in [6.45, 7) is 4.42. The van der Waals surface area contributed by atoms with Crippen molar-refractivity contribution in [3.63, 3.8) is 0 Å². The Hall–Kier alpha value is -2.28. The van der Waals surface area contributed by atoms with Gasteiger partial charge in [0, 0.05) is 12.5 Å². The van der Waals surface area contributed by atoms with E-state index in [4.69, 9.17) is 18.7 Å². The SMILES string of the molecule is C[C@@H](Oc1ccc2c(c1)OCO2)c1nc(CC2CCN(C)CC2)no1. The summed E-state index contributed by atoms with van der Waals surface area (Å²) in [4.78, 5) is 6.88. The van der Waals surface area contributed by atoms with Gasteiger partial charge >= 0.3 is 0 Å². The Morgan fingerprint density at radius 2 is 2.04 bits per heavy atom. The second-order valence-electron chi connectivity index (χ2n) is 6.77. The first kappa shape index (κ1) is 16.2. The lowest BCUT2D eigenvalue weighted by Gasteiger charge is -2.28. The van der Waals surface area contributed by atoms with Crippen LogP contribution in [0, 0.1) is 5.92 Å². The summed E-state index contributed by atoms with van der Waals surface area (Å²) in [6.07, 6.45) is 2.92. The fourth-order valence-electron chi connectivity index (χ4n) is 3.24. The van der Waals surface area contributed by atoms with E-state index in [-0.39, 0.29) is 12.9 Å². The average molecular weight is 345 g/mol. The van der Waals surface area contributed by atoms with Gasteiger partial charge in [-0.2, -0.15) is 4.98 Å². The number of fused-ring (bicyclic) bond motifs is 1. The number of piperidine rings is 1. The number of nitrogens with zero attached hydrogens (tertiary/aromatic N) is 3. The van der Waals surface area contributed by atoms with Crippen molar-refractivity contribution in [1.82, 2.24) is 15.0 Å². The minimum atomic E-state index is -0.320. The lowest BCUT2D eigenvalue weighted by atomic mass is 9.94. The molecule has 0 N–H and O–H groups in total. The largest absolute Gasteiger partial charge is 0.481 e. The summed E-state index contributed by atoms with van der Waals surface area (Å²) in [5, 5.41) is 4.13. The summed E-state index contributed by atoms with van der Waals surface area (Å²) < 4.78 is 22.0. The zero-order valence-corrected chi connectivity index (χ0v) is 14.6. The van der Waals surface area contributed by atoms with Crippen molar-refractivity contribution in [1.29, 1.82) is 0 Å². The van der Waals surface area contributed by atoms with Crippen LogP contribution in [0.2, 0.25) is 0 Å².